The van der Waals surface area contributed by atoms with Crippen molar-refractivity contribution in [2.75, 3.05) is 0 Å². The summed E-state index contributed by atoms with van der Waals surface area (Å²) >= 11 is 5.70. The maximum absolute atomic E-state index is 5.70. The topological polar surface area (TPSA) is 28.7 Å². The molecule has 0 aliphatic carbocycles. The monoisotopic (exact) mass is 152 g/mol. The van der Waals surface area contributed by atoms with Crippen molar-refractivity contribution in [3.05, 3.63) is 29.7 Å². The predicted octanol–water partition coefficient (Wildman–Crippen LogP) is 2.22. The Balaban J connectivity index is 2.88. The maximum atomic E-state index is 5.70. The fourth-order valence-electron chi connectivity index (χ4n) is 0.937. The molecule has 0 saturated heterocycles. The van der Waals surface area contributed by atoms with E-state index in [1.54, 1.807) is 12.4 Å². The van der Waals surface area contributed by atoms with E-state index in [1.807, 2.05) is 12.1 Å². The number of hydrogen-bond acceptors (Lipinski definition) is 1. The van der Waals surface area contributed by atoms with Crippen molar-refractivity contribution in [3.8, 4) is 0 Å². The molecule has 0 bridgehead atoms. The molecule has 0 aromatic carbocycles. The Hall–Kier alpha value is -1.02. The number of fused-ring (bicyclic) bond motifs is 1. The summed E-state index contributed by atoms with van der Waals surface area (Å²) in [6, 6.07) is 3.79. The summed E-state index contributed by atoms with van der Waals surface area (Å²) in [6.07, 6.45) is 3.49. The van der Waals surface area contributed by atoms with Crippen LogP contribution < -0.4 is 0 Å². The minimum absolute atomic E-state index is 0.656. The van der Waals surface area contributed by atoms with Crippen molar-refractivity contribution in [2.24, 2.45) is 0 Å². The van der Waals surface area contributed by atoms with Crippen LogP contribution >= 0.6 is 11.6 Å². The van der Waals surface area contributed by atoms with Gasteiger partial charge in [-0.1, -0.05) is 11.6 Å². The SMILES string of the molecule is Clc1cc2ccncc2[nH]1. The lowest BCUT2D eigenvalue weighted by atomic mass is 10.3. The lowest BCUT2D eigenvalue weighted by Gasteiger charge is -1.82. The second kappa shape index (κ2) is 1.99. The van der Waals surface area contributed by atoms with Gasteiger partial charge < -0.3 is 4.98 Å². The summed E-state index contributed by atoms with van der Waals surface area (Å²) in [6.45, 7) is 0. The van der Waals surface area contributed by atoms with Crippen molar-refractivity contribution in [1.29, 1.82) is 0 Å². The van der Waals surface area contributed by atoms with Crippen molar-refractivity contribution in [1.82, 2.24) is 9.97 Å². The molecule has 0 atom stereocenters. The van der Waals surface area contributed by atoms with E-state index < -0.39 is 0 Å². The Morgan fingerprint density at radius 2 is 2.40 bits per heavy atom. The average Bonchev–Trinajstić information content (AvgIpc) is 2.27. The van der Waals surface area contributed by atoms with E-state index in [-0.39, 0.29) is 0 Å². The van der Waals surface area contributed by atoms with Crippen LogP contribution in [0.15, 0.2) is 24.5 Å². The van der Waals surface area contributed by atoms with Crippen LogP contribution in [0.2, 0.25) is 5.15 Å². The Morgan fingerprint density at radius 3 is 3.20 bits per heavy atom. The Bertz CT molecular complexity index is 320. The molecule has 2 aromatic rings. The molecule has 0 aliphatic heterocycles. The summed E-state index contributed by atoms with van der Waals surface area (Å²) < 4.78 is 0. The number of rotatable bonds is 0. The molecule has 50 valence electrons. The molecule has 0 amide bonds. The molecule has 2 aromatic heterocycles. The highest BCUT2D eigenvalue weighted by atomic mass is 35.5. The van der Waals surface area contributed by atoms with E-state index in [0.29, 0.717) is 5.15 Å². The second-order valence-corrected chi connectivity index (χ2v) is 2.49. The molecule has 0 fully saturated rings. The first kappa shape index (κ1) is 5.74. The van der Waals surface area contributed by atoms with E-state index in [0.717, 1.165) is 10.9 Å². The number of pyridine rings is 1. The van der Waals surface area contributed by atoms with Gasteiger partial charge in [0.25, 0.3) is 0 Å². The van der Waals surface area contributed by atoms with Crippen molar-refractivity contribution < 1.29 is 0 Å². The molecule has 0 radical (unpaired) electrons. The third kappa shape index (κ3) is 0.772. The highest BCUT2D eigenvalue weighted by Gasteiger charge is 1.94. The zero-order valence-electron chi connectivity index (χ0n) is 5.13. The number of aromatic amines is 1. The third-order valence-electron chi connectivity index (χ3n) is 1.39. The fourth-order valence-corrected chi connectivity index (χ4v) is 1.16. The summed E-state index contributed by atoms with van der Waals surface area (Å²) in [4.78, 5) is 6.90. The van der Waals surface area contributed by atoms with Gasteiger partial charge in [-0.3, -0.25) is 4.98 Å². The highest BCUT2D eigenvalue weighted by Crippen LogP contribution is 2.16. The van der Waals surface area contributed by atoms with Crippen LogP contribution in [0.1, 0.15) is 0 Å². The van der Waals surface area contributed by atoms with Gasteiger partial charge in [-0.05, 0) is 12.1 Å². The van der Waals surface area contributed by atoms with Crippen molar-refractivity contribution in [2.45, 2.75) is 0 Å². The maximum Gasteiger partial charge on any atom is 0.107 e. The molecular formula is C7H5ClN2. The molecule has 0 saturated carbocycles. The zero-order valence-corrected chi connectivity index (χ0v) is 5.89. The molecule has 10 heavy (non-hydrogen) atoms. The molecule has 0 unspecified atom stereocenters. The minimum Gasteiger partial charge on any atom is -0.344 e. The zero-order chi connectivity index (χ0) is 6.97. The van der Waals surface area contributed by atoms with Crippen LogP contribution in [0.25, 0.3) is 10.9 Å². The average molecular weight is 153 g/mol. The molecule has 2 nitrogen and oxygen atoms in total. The predicted molar refractivity (Wildman–Crippen MR) is 41.1 cm³/mol. The van der Waals surface area contributed by atoms with Gasteiger partial charge in [-0.25, -0.2) is 0 Å². The highest BCUT2D eigenvalue weighted by molar-refractivity contribution is 6.30. The number of nitrogens with one attached hydrogen (secondary N) is 1. The van der Waals surface area contributed by atoms with E-state index in [1.165, 1.54) is 0 Å². The molecule has 2 heterocycles. The van der Waals surface area contributed by atoms with E-state index >= 15 is 0 Å². The largest absolute Gasteiger partial charge is 0.344 e. The Labute approximate surface area is 62.8 Å². The van der Waals surface area contributed by atoms with Gasteiger partial charge in [0.05, 0.1) is 11.7 Å². The van der Waals surface area contributed by atoms with E-state index in [4.69, 9.17) is 11.6 Å². The van der Waals surface area contributed by atoms with Gasteiger partial charge in [-0.15, -0.1) is 0 Å². The van der Waals surface area contributed by atoms with Crippen LogP contribution in [-0.2, 0) is 0 Å². The molecule has 3 heteroatoms. The first-order valence-electron chi connectivity index (χ1n) is 2.94. The van der Waals surface area contributed by atoms with E-state index in [2.05, 4.69) is 9.97 Å². The first-order valence-corrected chi connectivity index (χ1v) is 3.32. The summed E-state index contributed by atoms with van der Waals surface area (Å²) in [5.74, 6) is 0. The van der Waals surface area contributed by atoms with Gasteiger partial charge >= 0.3 is 0 Å². The third-order valence-corrected chi connectivity index (χ3v) is 1.59. The van der Waals surface area contributed by atoms with Crippen LogP contribution in [0, 0.1) is 0 Å². The van der Waals surface area contributed by atoms with Crippen molar-refractivity contribution in [3.63, 3.8) is 0 Å². The van der Waals surface area contributed by atoms with Crippen LogP contribution in [0.4, 0.5) is 0 Å². The Morgan fingerprint density at radius 1 is 1.50 bits per heavy atom. The van der Waals surface area contributed by atoms with Crippen LogP contribution in [0.5, 0.6) is 0 Å². The standard InChI is InChI=1S/C7H5ClN2/c8-7-3-5-1-2-9-4-6(5)10-7/h1-4,10H. The van der Waals surface area contributed by atoms with Crippen LogP contribution in [0.3, 0.4) is 0 Å². The molecule has 1 N–H and O–H groups in total. The Kier molecular flexibility index (Phi) is 1.14. The molecule has 0 spiro atoms. The molecule has 2 rings (SSSR count). The molecular weight excluding hydrogens is 148 g/mol. The summed E-state index contributed by atoms with van der Waals surface area (Å²) in [7, 11) is 0. The van der Waals surface area contributed by atoms with Gasteiger partial charge in [0.2, 0.25) is 0 Å². The minimum atomic E-state index is 0.656. The smallest absolute Gasteiger partial charge is 0.107 e. The number of halogens is 1. The van der Waals surface area contributed by atoms with Crippen molar-refractivity contribution >= 4 is 22.5 Å². The summed E-state index contributed by atoms with van der Waals surface area (Å²) in [5.41, 5.74) is 0.979. The number of nitrogens with zero attached hydrogens (tertiary/aromatic N) is 1. The van der Waals surface area contributed by atoms with Gasteiger partial charge in [0.1, 0.15) is 5.15 Å². The molecule has 0 aliphatic rings. The lowest BCUT2D eigenvalue weighted by molar-refractivity contribution is 1.34. The summed E-state index contributed by atoms with van der Waals surface area (Å²) in [5, 5.41) is 1.75. The van der Waals surface area contributed by atoms with Gasteiger partial charge in [-0.2, -0.15) is 0 Å². The van der Waals surface area contributed by atoms with Gasteiger partial charge in [0, 0.05) is 11.6 Å². The van der Waals surface area contributed by atoms with E-state index in [9.17, 15) is 0 Å². The number of hydrogen-bond donors (Lipinski definition) is 1. The van der Waals surface area contributed by atoms with Gasteiger partial charge in [0.15, 0.2) is 0 Å². The number of aromatic nitrogens is 2. The fraction of sp³-hybridized carbons (Fsp3) is 0. The van der Waals surface area contributed by atoms with Crippen LogP contribution in [-0.4, -0.2) is 9.97 Å². The second-order valence-electron chi connectivity index (χ2n) is 2.08. The quantitative estimate of drug-likeness (QED) is 0.616. The lowest BCUT2D eigenvalue weighted by Crippen LogP contribution is -1.68. The normalized spacial score (nSPS) is 10.5. The first-order chi connectivity index (χ1) is 4.86. The number of H-pyrrole nitrogens is 1.